The Labute approximate surface area is 236 Å². The molecule has 194 valence electrons. The average Bonchev–Trinajstić information content (AvgIpc) is 3.48. The first-order valence-corrected chi connectivity index (χ1v) is 14.8. The molecule has 0 spiro atoms. The predicted octanol–water partition coefficient (Wildman–Crippen LogP) is 5.96. The van der Waals surface area contributed by atoms with E-state index in [0.29, 0.717) is 38.9 Å². The number of aryl methyl sites for hydroxylation is 1. The number of nitrogens with zero attached hydrogens (tertiary/aromatic N) is 3. The summed E-state index contributed by atoms with van der Waals surface area (Å²) in [7, 11) is -4.03. The van der Waals surface area contributed by atoms with Crippen molar-refractivity contribution >= 4 is 66.0 Å². The number of ether oxygens (including phenoxy) is 1. The van der Waals surface area contributed by atoms with Gasteiger partial charge in [0.2, 0.25) is 0 Å². The van der Waals surface area contributed by atoms with Crippen LogP contribution in [0, 0.1) is 6.92 Å². The summed E-state index contributed by atoms with van der Waals surface area (Å²) < 4.78 is 35.6. The fourth-order valence-corrected chi connectivity index (χ4v) is 7.02. The zero-order chi connectivity index (χ0) is 26.9. The van der Waals surface area contributed by atoms with E-state index in [1.165, 1.54) is 12.1 Å². The van der Waals surface area contributed by atoms with Crippen LogP contribution in [0.5, 0.6) is 5.75 Å². The minimum atomic E-state index is -4.03. The van der Waals surface area contributed by atoms with Crippen LogP contribution >= 0.6 is 38.9 Å². The number of amides is 1. The van der Waals surface area contributed by atoms with E-state index in [1.54, 1.807) is 12.1 Å². The van der Waals surface area contributed by atoms with Crippen LogP contribution in [0.3, 0.4) is 0 Å². The Morgan fingerprint density at radius 3 is 2.53 bits per heavy atom. The summed E-state index contributed by atoms with van der Waals surface area (Å²) in [5.41, 5.74) is 2.62. The molecule has 3 heterocycles. The normalized spacial score (nSPS) is 11.6. The zero-order valence-electron chi connectivity index (χ0n) is 19.9. The summed E-state index contributed by atoms with van der Waals surface area (Å²) in [6.07, 6.45) is 0. The number of pyridine rings is 1. The van der Waals surface area contributed by atoms with Crippen molar-refractivity contribution in [1.82, 2.24) is 19.3 Å². The molecule has 0 atom stereocenters. The van der Waals surface area contributed by atoms with E-state index >= 15 is 0 Å². The second-order valence-electron chi connectivity index (χ2n) is 8.27. The van der Waals surface area contributed by atoms with Crippen molar-refractivity contribution in [3.63, 3.8) is 0 Å². The fourth-order valence-electron chi connectivity index (χ4n) is 3.81. The number of aromatic nitrogens is 3. The Morgan fingerprint density at radius 1 is 1.03 bits per heavy atom. The van der Waals surface area contributed by atoms with Gasteiger partial charge in [0.25, 0.3) is 15.9 Å². The average molecular weight is 632 g/mol. The number of hydrogen-bond donors (Lipinski definition) is 1. The van der Waals surface area contributed by atoms with Gasteiger partial charge in [-0.05, 0) is 64.8 Å². The number of benzene rings is 2. The van der Waals surface area contributed by atoms with Crippen LogP contribution in [-0.2, 0) is 23.2 Å². The number of imidazole rings is 1. The van der Waals surface area contributed by atoms with Crippen molar-refractivity contribution in [3.8, 4) is 5.75 Å². The molecule has 3 aromatic heterocycles. The highest BCUT2D eigenvalue weighted by molar-refractivity contribution is 9.11. The summed E-state index contributed by atoms with van der Waals surface area (Å²) in [5.74, 6) is 0.581. The van der Waals surface area contributed by atoms with Gasteiger partial charge in [-0.1, -0.05) is 48.0 Å². The van der Waals surface area contributed by atoms with Crippen LogP contribution < -0.4 is 9.46 Å². The highest BCUT2D eigenvalue weighted by Crippen LogP contribution is 2.27. The lowest BCUT2D eigenvalue weighted by atomic mass is 10.1. The standard InChI is InChI=1S/C26H20BrClN4O4S2/c1-16-29-20-10-11-21(26(33)31-38(34,35)23-13-12-22(27)37-23)30-25(20)32(16)14-17-6-5-7-18(24(17)28)15-36-19-8-3-2-4-9-19/h2-13H,14-15H2,1H3,(H,31,33). The van der Waals surface area contributed by atoms with Crippen molar-refractivity contribution in [2.24, 2.45) is 0 Å². The van der Waals surface area contributed by atoms with Gasteiger partial charge in [0.05, 0.1) is 15.4 Å². The third kappa shape index (κ3) is 5.60. The molecule has 0 bridgehead atoms. The molecule has 0 saturated carbocycles. The van der Waals surface area contributed by atoms with Gasteiger partial charge in [-0.3, -0.25) is 4.79 Å². The first-order chi connectivity index (χ1) is 18.2. The van der Waals surface area contributed by atoms with Crippen LogP contribution in [0.4, 0.5) is 0 Å². The molecular weight excluding hydrogens is 612 g/mol. The number of rotatable bonds is 8. The van der Waals surface area contributed by atoms with Crippen molar-refractivity contribution in [2.75, 3.05) is 0 Å². The van der Waals surface area contributed by atoms with Gasteiger partial charge in [-0.15, -0.1) is 11.3 Å². The van der Waals surface area contributed by atoms with Gasteiger partial charge in [-0.2, -0.15) is 0 Å². The number of para-hydroxylation sites is 1. The molecule has 5 rings (SSSR count). The second-order valence-corrected chi connectivity index (χ2v) is 13.0. The molecule has 0 aliphatic carbocycles. The predicted molar refractivity (Wildman–Crippen MR) is 150 cm³/mol. The number of nitrogens with one attached hydrogen (secondary N) is 1. The number of carbonyl (C=O) groups is 1. The van der Waals surface area contributed by atoms with E-state index in [4.69, 9.17) is 16.3 Å². The number of fused-ring (bicyclic) bond motifs is 1. The maximum atomic E-state index is 12.8. The van der Waals surface area contributed by atoms with Gasteiger partial charge in [0.15, 0.2) is 5.65 Å². The summed E-state index contributed by atoms with van der Waals surface area (Å²) in [6, 6.07) is 21.3. The van der Waals surface area contributed by atoms with Crippen molar-refractivity contribution in [3.05, 3.63) is 104 Å². The molecule has 12 heteroatoms. The molecule has 5 aromatic rings. The van der Waals surface area contributed by atoms with Gasteiger partial charge < -0.3 is 9.30 Å². The lowest BCUT2D eigenvalue weighted by molar-refractivity contribution is 0.0977. The summed E-state index contributed by atoms with van der Waals surface area (Å²) >= 11 is 11.0. The zero-order valence-corrected chi connectivity index (χ0v) is 23.9. The van der Waals surface area contributed by atoms with Crippen LogP contribution in [0.1, 0.15) is 27.4 Å². The first kappa shape index (κ1) is 26.4. The van der Waals surface area contributed by atoms with Crippen LogP contribution in [0.15, 0.2) is 80.8 Å². The largest absolute Gasteiger partial charge is 0.489 e. The van der Waals surface area contributed by atoms with Crippen LogP contribution in [0.2, 0.25) is 5.02 Å². The highest BCUT2D eigenvalue weighted by Gasteiger charge is 2.22. The fraction of sp³-hybridized carbons (Fsp3) is 0.115. The molecule has 8 nitrogen and oxygen atoms in total. The molecule has 0 saturated heterocycles. The van der Waals surface area contributed by atoms with Crippen LogP contribution in [0.25, 0.3) is 11.2 Å². The maximum absolute atomic E-state index is 12.8. The maximum Gasteiger partial charge on any atom is 0.283 e. The second kappa shape index (κ2) is 10.9. The Balaban J connectivity index is 1.40. The third-order valence-electron chi connectivity index (χ3n) is 5.68. The lowest BCUT2D eigenvalue weighted by Gasteiger charge is -2.13. The Hall–Kier alpha value is -3.25. The van der Waals surface area contributed by atoms with Gasteiger partial charge in [0.1, 0.15) is 33.6 Å². The smallest absolute Gasteiger partial charge is 0.283 e. The minimum Gasteiger partial charge on any atom is -0.489 e. The number of halogens is 2. The highest BCUT2D eigenvalue weighted by atomic mass is 79.9. The van der Waals surface area contributed by atoms with Gasteiger partial charge in [0, 0.05) is 5.56 Å². The van der Waals surface area contributed by atoms with Crippen molar-refractivity contribution < 1.29 is 17.9 Å². The molecule has 1 N–H and O–H groups in total. The van der Waals surface area contributed by atoms with Crippen molar-refractivity contribution in [1.29, 1.82) is 0 Å². The van der Waals surface area contributed by atoms with E-state index < -0.39 is 15.9 Å². The summed E-state index contributed by atoms with van der Waals surface area (Å²) in [5, 5.41) is 0.562. The molecule has 38 heavy (non-hydrogen) atoms. The number of thiophene rings is 1. The van der Waals surface area contributed by atoms with E-state index in [2.05, 4.69) is 30.6 Å². The molecule has 0 unspecified atom stereocenters. The van der Waals surface area contributed by atoms with Crippen LogP contribution in [-0.4, -0.2) is 28.9 Å². The monoisotopic (exact) mass is 630 g/mol. The van der Waals surface area contributed by atoms with Gasteiger partial charge >= 0.3 is 0 Å². The molecule has 0 aliphatic rings. The Bertz CT molecular complexity index is 1750. The summed E-state index contributed by atoms with van der Waals surface area (Å²) in [4.78, 5) is 21.8. The molecular formula is C26H20BrClN4O4S2. The molecule has 0 aliphatic heterocycles. The van der Waals surface area contributed by atoms with Gasteiger partial charge in [-0.25, -0.2) is 23.1 Å². The topological polar surface area (TPSA) is 103 Å². The number of sulfonamides is 1. The molecule has 0 radical (unpaired) electrons. The minimum absolute atomic E-state index is 0.0189. The number of carbonyl (C=O) groups excluding carboxylic acids is 1. The van der Waals surface area contributed by atoms with E-state index in [1.807, 2.05) is 60.0 Å². The quantitative estimate of drug-likeness (QED) is 0.227. The van der Waals surface area contributed by atoms with E-state index in [0.717, 1.165) is 28.2 Å². The Kier molecular flexibility index (Phi) is 7.53. The first-order valence-electron chi connectivity index (χ1n) is 11.3. The van der Waals surface area contributed by atoms with E-state index in [9.17, 15) is 13.2 Å². The molecule has 0 fully saturated rings. The third-order valence-corrected chi connectivity index (χ3v) is 9.61. The summed E-state index contributed by atoms with van der Waals surface area (Å²) in [6.45, 7) is 2.48. The number of hydrogen-bond acceptors (Lipinski definition) is 7. The molecule has 1 amide bonds. The lowest BCUT2D eigenvalue weighted by Crippen LogP contribution is -2.30. The van der Waals surface area contributed by atoms with Crippen molar-refractivity contribution in [2.45, 2.75) is 24.3 Å². The molecule has 2 aromatic carbocycles. The Morgan fingerprint density at radius 2 is 1.79 bits per heavy atom. The SMILES string of the molecule is Cc1nc2ccc(C(=O)NS(=O)(=O)c3ccc(Br)s3)nc2n1Cc1cccc(COc2ccccc2)c1Cl. The van der Waals surface area contributed by atoms with E-state index in [-0.39, 0.29) is 9.90 Å².